The summed E-state index contributed by atoms with van der Waals surface area (Å²) in [6, 6.07) is 13.4. The third-order valence-electron chi connectivity index (χ3n) is 4.89. The molecule has 1 atom stereocenters. The van der Waals surface area contributed by atoms with E-state index >= 15 is 0 Å². The highest BCUT2D eigenvalue weighted by atomic mass is 32.2. The van der Waals surface area contributed by atoms with Crippen molar-refractivity contribution in [3.63, 3.8) is 0 Å². The van der Waals surface area contributed by atoms with Gasteiger partial charge in [0, 0.05) is 41.1 Å². The second-order valence-electron chi connectivity index (χ2n) is 6.96. The topological polar surface area (TPSA) is 62.6 Å². The Morgan fingerprint density at radius 3 is 2.60 bits per heavy atom. The highest BCUT2D eigenvalue weighted by Gasteiger charge is 2.28. The molecule has 0 aliphatic heterocycles. The van der Waals surface area contributed by atoms with Crippen LogP contribution in [-0.4, -0.2) is 26.4 Å². The second-order valence-corrected chi connectivity index (χ2v) is 9.03. The Kier molecular flexibility index (Phi) is 6.79. The summed E-state index contributed by atoms with van der Waals surface area (Å²) in [7, 11) is -3.28. The van der Waals surface area contributed by atoms with E-state index < -0.39 is 9.84 Å². The molecular formula is C24H25N3O2S. The van der Waals surface area contributed by atoms with Crippen LogP contribution in [0.15, 0.2) is 107 Å². The van der Waals surface area contributed by atoms with Crippen LogP contribution in [-0.2, 0) is 9.84 Å². The molecule has 3 rings (SSSR count). The molecule has 1 aliphatic carbocycles. The first-order chi connectivity index (χ1) is 14.5. The van der Waals surface area contributed by atoms with Gasteiger partial charge in [0.1, 0.15) is 0 Å². The maximum Gasteiger partial charge on any atom is 0.171 e. The second kappa shape index (κ2) is 9.50. The predicted octanol–water partition coefficient (Wildman–Crippen LogP) is 5.01. The first kappa shape index (κ1) is 21.5. The first-order valence-electron chi connectivity index (χ1n) is 9.59. The van der Waals surface area contributed by atoms with Crippen LogP contribution in [0.5, 0.6) is 0 Å². The zero-order chi connectivity index (χ0) is 21.6. The lowest BCUT2D eigenvalue weighted by atomic mass is 9.96. The van der Waals surface area contributed by atoms with E-state index in [1.807, 2.05) is 42.5 Å². The molecule has 6 heteroatoms. The summed E-state index contributed by atoms with van der Waals surface area (Å²) in [5, 5.41) is 0. The SMILES string of the molecule is C=C/C(=C\N=C)C(c1cccnc1)N(C1=CCCC(S(C)(=O)=O)=C1)c1ccccc1. The quantitative estimate of drug-likeness (QED) is 0.446. The minimum atomic E-state index is -3.28. The highest BCUT2D eigenvalue weighted by Crippen LogP contribution is 2.38. The molecule has 1 aromatic heterocycles. The smallest absolute Gasteiger partial charge is 0.171 e. The van der Waals surface area contributed by atoms with Crippen LogP contribution in [0, 0.1) is 0 Å². The molecule has 0 saturated carbocycles. The van der Waals surface area contributed by atoms with Crippen molar-refractivity contribution in [1.29, 1.82) is 0 Å². The molecule has 0 N–H and O–H groups in total. The van der Waals surface area contributed by atoms with Crippen molar-refractivity contribution in [2.24, 2.45) is 4.99 Å². The van der Waals surface area contributed by atoms with E-state index in [2.05, 4.69) is 34.2 Å². The van der Waals surface area contributed by atoms with Crippen molar-refractivity contribution in [3.8, 4) is 0 Å². The third kappa shape index (κ3) is 4.83. The average Bonchev–Trinajstić information content (AvgIpc) is 2.77. The summed E-state index contributed by atoms with van der Waals surface area (Å²) < 4.78 is 24.5. The van der Waals surface area contributed by atoms with E-state index in [1.165, 1.54) is 6.26 Å². The molecule has 0 amide bonds. The number of hydrogen-bond acceptors (Lipinski definition) is 5. The van der Waals surface area contributed by atoms with Crippen LogP contribution in [0.1, 0.15) is 24.4 Å². The summed E-state index contributed by atoms with van der Waals surface area (Å²) in [5.41, 5.74) is 3.47. The summed E-state index contributed by atoms with van der Waals surface area (Å²) in [6.45, 7) is 7.57. The lowest BCUT2D eigenvalue weighted by Gasteiger charge is -2.36. The van der Waals surface area contributed by atoms with E-state index in [9.17, 15) is 8.42 Å². The third-order valence-corrected chi connectivity index (χ3v) is 6.17. The van der Waals surface area contributed by atoms with E-state index in [1.54, 1.807) is 30.7 Å². The monoisotopic (exact) mass is 419 g/mol. The van der Waals surface area contributed by atoms with Crippen molar-refractivity contribution >= 4 is 22.2 Å². The minimum absolute atomic E-state index is 0.314. The molecule has 1 aliphatic rings. The molecule has 0 spiro atoms. The number of hydrogen-bond donors (Lipinski definition) is 0. The molecule has 0 fully saturated rings. The van der Waals surface area contributed by atoms with E-state index in [4.69, 9.17) is 0 Å². The fourth-order valence-corrected chi connectivity index (χ4v) is 4.35. The van der Waals surface area contributed by atoms with Crippen molar-refractivity contribution < 1.29 is 8.42 Å². The van der Waals surface area contributed by atoms with Gasteiger partial charge < -0.3 is 4.90 Å². The van der Waals surface area contributed by atoms with Gasteiger partial charge in [0.25, 0.3) is 0 Å². The van der Waals surface area contributed by atoms with Gasteiger partial charge >= 0.3 is 0 Å². The molecule has 1 unspecified atom stereocenters. The number of sulfone groups is 1. The van der Waals surface area contributed by atoms with E-state index in [-0.39, 0.29) is 6.04 Å². The van der Waals surface area contributed by atoms with E-state index in [0.717, 1.165) is 22.5 Å². The van der Waals surface area contributed by atoms with Crippen molar-refractivity contribution in [1.82, 2.24) is 4.98 Å². The van der Waals surface area contributed by atoms with Crippen molar-refractivity contribution in [2.45, 2.75) is 18.9 Å². The largest absolute Gasteiger partial charge is 0.330 e. The van der Waals surface area contributed by atoms with Crippen molar-refractivity contribution in [3.05, 3.63) is 108 Å². The van der Waals surface area contributed by atoms with Gasteiger partial charge in [0.15, 0.2) is 9.84 Å². The van der Waals surface area contributed by atoms with Gasteiger partial charge in [-0.05, 0) is 55.0 Å². The number of aromatic nitrogens is 1. The number of rotatable bonds is 8. The Hall–Kier alpha value is -3.25. The summed E-state index contributed by atoms with van der Waals surface area (Å²) in [5.74, 6) is 0. The molecule has 5 nitrogen and oxygen atoms in total. The number of allylic oxidation sites excluding steroid dienone is 3. The Morgan fingerprint density at radius 2 is 2.00 bits per heavy atom. The molecule has 1 aromatic carbocycles. The Balaban J connectivity index is 2.26. The highest BCUT2D eigenvalue weighted by molar-refractivity contribution is 7.94. The van der Waals surface area contributed by atoms with Gasteiger partial charge in [-0.25, -0.2) is 8.42 Å². The maximum atomic E-state index is 12.2. The zero-order valence-electron chi connectivity index (χ0n) is 17.0. The normalized spacial score (nSPS) is 15.6. The fourth-order valence-electron chi connectivity index (χ4n) is 3.52. The fraction of sp³-hybridized carbons (Fsp3) is 0.167. The predicted molar refractivity (Wildman–Crippen MR) is 124 cm³/mol. The maximum absolute atomic E-state index is 12.2. The van der Waals surface area contributed by atoms with Gasteiger partial charge in [-0.2, -0.15) is 0 Å². The lowest BCUT2D eigenvalue weighted by molar-refractivity contribution is 0.605. The standard InChI is InChI=1S/C24H25N3O2S/c1-4-19(17-25-2)24(20-10-9-15-26-18-20)27(21-11-6-5-7-12-21)22-13-8-14-23(16-22)30(3,28)29/h4-7,9-13,15-18,24H,1-2,8,14H2,3H3/b19-17+. The molecule has 2 aromatic rings. The summed E-state index contributed by atoms with van der Waals surface area (Å²) in [4.78, 5) is 10.8. The number of nitrogens with zero attached hydrogens (tertiary/aromatic N) is 3. The van der Waals surface area contributed by atoms with Gasteiger partial charge in [-0.1, -0.05) is 43.0 Å². The van der Waals surface area contributed by atoms with Gasteiger partial charge in [-0.15, -0.1) is 0 Å². The number of para-hydroxylation sites is 1. The molecule has 0 bridgehead atoms. The lowest BCUT2D eigenvalue weighted by Crippen LogP contribution is -2.30. The Morgan fingerprint density at radius 1 is 1.23 bits per heavy atom. The van der Waals surface area contributed by atoms with E-state index in [0.29, 0.717) is 17.7 Å². The molecule has 154 valence electrons. The minimum Gasteiger partial charge on any atom is -0.330 e. The van der Waals surface area contributed by atoms with Crippen LogP contribution >= 0.6 is 0 Å². The number of anilines is 1. The Bertz CT molecular complexity index is 1100. The number of aliphatic imine (C=N–C) groups is 1. The average molecular weight is 420 g/mol. The zero-order valence-corrected chi connectivity index (χ0v) is 17.8. The number of pyridine rings is 1. The summed E-state index contributed by atoms with van der Waals surface area (Å²) in [6.07, 6.45) is 13.2. The van der Waals surface area contributed by atoms with Gasteiger partial charge in [0.2, 0.25) is 0 Å². The molecule has 0 saturated heterocycles. The Labute approximate surface area is 178 Å². The number of benzene rings is 1. The summed E-state index contributed by atoms with van der Waals surface area (Å²) >= 11 is 0. The molecule has 1 heterocycles. The van der Waals surface area contributed by atoms with Crippen LogP contribution in [0.4, 0.5) is 5.69 Å². The first-order valence-corrected chi connectivity index (χ1v) is 11.5. The molecule has 0 radical (unpaired) electrons. The van der Waals surface area contributed by atoms with Crippen LogP contribution < -0.4 is 4.90 Å². The van der Waals surface area contributed by atoms with Gasteiger partial charge in [-0.3, -0.25) is 9.98 Å². The molecular weight excluding hydrogens is 394 g/mol. The van der Waals surface area contributed by atoms with Crippen LogP contribution in [0.3, 0.4) is 0 Å². The van der Waals surface area contributed by atoms with Crippen LogP contribution in [0.2, 0.25) is 0 Å². The van der Waals surface area contributed by atoms with Crippen LogP contribution in [0.25, 0.3) is 0 Å². The van der Waals surface area contributed by atoms with Crippen molar-refractivity contribution in [2.75, 3.05) is 11.2 Å². The van der Waals surface area contributed by atoms with Gasteiger partial charge in [0.05, 0.1) is 6.04 Å². The molecule has 30 heavy (non-hydrogen) atoms.